The number of carboxylic acid groups (broad SMARTS) is 1. The summed E-state index contributed by atoms with van der Waals surface area (Å²) < 4.78 is 5.22. The van der Waals surface area contributed by atoms with Gasteiger partial charge in [-0.2, -0.15) is 0 Å². The summed E-state index contributed by atoms with van der Waals surface area (Å²) in [5.74, 6) is -0.366. The lowest BCUT2D eigenvalue weighted by atomic mass is 10.2. The van der Waals surface area contributed by atoms with E-state index in [-0.39, 0.29) is 5.69 Å². The third kappa shape index (κ3) is 3.15. The first kappa shape index (κ1) is 13.6. The van der Waals surface area contributed by atoms with Gasteiger partial charge in [0.25, 0.3) is 0 Å². The van der Waals surface area contributed by atoms with E-state index in [1.807, 2.05) is 6.07 Å². The van der Waals surface area contributed by atoms with E-state index in [0.717, 1.165) is 5.56 Å². The van der Waals surface area contributed by atoms with Crippen molar-refractivity contribution in [2.75, 3.05) is 12.4 Å². The molecule has 0 atom stereocenters. The maximum Gasteiger partial charge on any atom is 0.355 e. The average molecular weight is 299 g/mol. The van der Waals surface area contributed by atoms with Crippen molar-refractivity contribution in [3.8, 4) is 5.75 Å². The molecule has 1 heterocycles. The minimum Gasteiger partial charge on any atom is -0.496 e. The van der Waals surface area contributed by atoms with Gasteiger partial charge in [0.1, 0.15) is 5.75 Å². The van der Waals surface area contributed by atoms with Gasteiger partial charge in [-0.1, -0.05) is 17.7 Å². The molecule has 0 aliphatic rings. The zero-order valence-corrected chi connectivity index (χ0v) is 11.6. The molecule has 2 rings (SSSR count). The van der Waals surface area contributed by atoms with Gasteiger partial charge in [0.2, 0.25) is 0 Å². The van der Waals surface area contributed by atoms with E-state index in [1.54, 1.807) is 19.2 Å². The number of halogens is 1. The Morgan fingerprint density at radius 1 is 1.58 bits per heavy atom. The van der Waals surface area contributed by atoms with E-state index in [2.05, 4.69) is 10.3 Å². The van der Waals surface area contributed by atoms with Crippen molar-refractivity contribution in [3.05, 3.63) is 39.9 Å². The van der Waals surface area contributed by atoms with E-state index in [0.29, 0.717) is 22.4 Å². The highest BCUT2D eigenvalue weighted by Crippen LogP contribution is 2.27. The Morgan fingerprint density at radius 3 is 3.00 bits per heavy atom. The molecule has 0 bridgehead atoms. The summed E-state index contributed by atoms with van der Waals surface area (Å²) in [5.41, 5.74) is 0.831. The number of ether oxygens (including phenoxy) is 1. The van der Waals surface area contributed by atoms with Crippen LogP contribution in [0.3, 0.4) is 0 Å². The van der Waals surface area contributed by atoms with E-state index < -0.39 is 5.97 Å². The molecule has 19 heavy (non-hydrogen) atoms. The Balaban J connectivity index is 2.12. The molecule has 5 nitrogen and oxygen atoms in total. The topological polar surface area (TPSA) is 71.5 Å². The smallest absolute Gasteiger partial charge is 0.355 e. The molecule has 0 saturated carbocycles. The number of benzene rings is 1. The lowest BCUT2D eigenvalue weighted by Crippen LogP contribution is -2.03. The minimum absolute atomic E-state index is 0.0265. The summed E-state index contributed by atoms with van der Waals surface area (Å²) in [6.45, 7) is 0.412. The van der Waals surface area contributed by atoms with Gasteiger partial charge in [-0.25, -0.2) is 9.78 Å². The quantitative estimate of drug-likeness (QED) is 0.887. The first-order chi connectivity index (χ1) is 9.11. The number of carboxylic acids is 1. The molecule has 2 N–H and O–H groups in total. The number of thiazole rings is 1. The van der Waals surface area contributed by atoms with Crippen LogP contribution in [0.2, 0.25) is 5.02 Å². The monoisotopic (exact) mass is 298 g/mol. The predicted molar refractivity (Wildman–Crippen MR) is 74.4 cm³/mol. The van der Waals surface area contributed by atoms with Crippen LogP contribution in [0.25, 0.3) is 0 Å². The molecule has 0 aliphatic carbocycles. The Hall–Kier alpha value is -1.79. The van der Waals surface area contributed by atoms with Gasteiger partial charge in [0, 0.05) is 22.5 Å². The number of methoxy groups -OCH3 is 1. The Labute approximate surface area is 118 Å². The predicted octanol–water partition coefficient (Wildman–Crippen LogP) is 3.12. The molecule has 0 unspecified atom stereocenters. The van der Waals surface area contributed by atoms with E-state index in [1.165, 1.54) is 16.7 Å². The number of hydrogen-bond acceptors (Lipinski definition) is 5. The zero-order valence-electron chi connectivity index (χ0n) is 10.0. The van der Waals surface area contributed by atoms with Gasteiger partial charge in [-0.15, -0.1) is 11.3 Å². The van der Waals surface area contributed by atoms with E-state index in [9.17, 15) is 4.79 Å². The molecule has 1 aromatic carbocycles. The van der Waals surface area contributed by atoms with Crippen LogP contribution in [0.1, 0.15) is 16.1 Å². The molecule has 100 valence electrons. The van der Waals surface area contributed by atoms with Crippen molar-refractivity contribution < 1.29 is 14.6 Å². The Bertz CT molecular complexity index is 600. The molecule has 0 aliphatic heterocycles. The van der Waals surface area contributed by atoms with Crippen molar-refractivity contribution in [1.82, 2.24) is 4.98 Å². The van der Waals surface area contributed by atoms with Crippen molar-refractivity contribution in [1.29, 1.82) is 0 Å². The SMILES string of the molecule is COc1cccc(Cl)c1CNc1nc(C(=O)O)cs1. The van der Waals surface area contributed by atoms with Crippen LogP contribution in [0.15, 0.2) is 23.6 Å². The van der Waals surface area contributed by atoms with Crippen molar-refractivity contribution in [3.63, 3.8) is 0 Å². The first-order valence-corrected chi connectivity index (χ1v) is 6.61. The molecular formula is C12H11ClN2O3S. The van der Waals surface area contributed by atoms with Crippen LogP contribution >= 0.6 is 22.9 Å². The molecule has 0 spiro atoms. The van der Waals surface area contributed by atoms with Gasteiger partial charge < -0.3 is 15.2 Å². The van der Waals surface area contributed by atoms with Crippen LogP contribution in [0.5, 0.6) is 5.75 Å². The fraction of sp³-hybridized carbons (Fsp3) is 0.167. The summed E-state index contributed by atoms with van der Waals surface area (Å²) in [6.07, 6.45) is 0. The van der Waals surface area contributed by atoms with Crippen molar-refractivity contribution in [2.24, 2.45) is 0 Å². The maximum atomic E-state index is 10.7. The average Bonchev–Trinajstić information content (AvgIpc) is 2.86. The van der Waals surface area contributed by atoms with Crippen LogP contribution in [-0.4, -0.2) is 23.2 Å². The summed E-state index contributed by atoms with van der Waals surface area (Å²) in [6, 6.07) is 5.38. The fourth-order valence-electron chi connectivity index (χ4n) is 1.52. The number of aromatic nitrogens is 1. The largest absolute Gasteiger partial charge is 0.496 e. The van der Waals surface area contributed by atoms with Gasteiger partial charge in [-0.3, -0.25) is 0 Å². The van der Waals surface area contributed by atoms with Crippen LogP contribution in [0.4, 0.5) is 5.13 Å². The number of nitrogens with zero attached hydrogens (tertiary/aromatic N) is 1. The highest BCUT2D eigenvalue weighted by molar-refractivity contribution is 7.13. The third-order valence-corrected chi connectivity index (χ3v) is 3.59. The highest BCUT2D eigenvalue weighted by Gasteiger charge is 2.11. The second kappa shape index (κ2) is 5.90. The summed E-state index contributed by atoms with van der Waals surface area (Å²) in [5, 5.41) is 14.4. The normalized spacial score (nSPS) is 10.2. The number of rotatable bonds is 5. The molecular weight excluding hydrogens is 288 g/mol. The van der Waals surface area contributed by atoms with E-state index in [4.69, 9.17) is 21.4 Å². The summed E-state index contributed by atoms with van der Waals surface area (Å²) in [4.78, 5) is 14.7. The van der Waals surface area contributed by atoms with Crippen LogP contribution < -0.4 is 10.1 Å². The van der Waals surface area contributed by atoms with Gasteiger partial charge in [0.05, 0.1) is 7.11 Å². The van der Waals surface area contributed by atoms with Crippen molar-refractivity contribution in [2.45, 2.75) is 6.54 Å². The van der Waals surface area contributed by atoms with Crippen molar-refractivity contribution >= 4 is 34.0 Å². The number of aromatic carboxylic acids is 1. The standard InChI is InChI=1S/C12H11ClN2O3S/c1-18-10-4-2-3-8(13)7(10)5-14-12-15-9(6-19-12)11(16)17/h2-4,6H,5H2,1H3,(H,14,15)(H,16,17). The summed E-state index contributed by atoms with van der Waals surface area (Å²) in [7, 11) is 1.57. The van der Waals surface area contributed by atoms with Gasteiger partial charge >= 0.3 is 5.97 Å². The lowest BCUT2D eigenvalue weighted by molar-refractivity contribution is 0.0691. The number of nitrogens with one attached hydrogen (secondary N) is 1. The fourth-order valence-corrected chi connectivity index (χ4v) is 2.43. The highest BCUT2D eigenvalue weighted by atomic mass is 35.5. The molecule has 0 amide bonds. The lowest BCUT2D eigenvalue weighted by Gasteiger charge is -2.10. The van der Waals surface area contributed by atoms with Gasteiger partial charge in [-0.05, 0) is 12.1 Å². The second-order valence-corrected chi connectivity index (χ2v) is 4.88. The second-order valence-electron chi connectivity index (χ2n) is 3.62. The number of hydrogen-bond donors (Lipinski definition) is 2. The van der Waals surface area contributed by atoms with Crippen LogP contribution in [0, 0.1) is 0 Å². The molecule has 1 aromatic heterocycles. The zero-order chi connectivity index (χ0) is 13.8. The molecule has 7 heteroatoms. The van der Waals surface area contributed by atoms with E-state index >= 15 is 0 Å². The maximum absolute atomic E-state index is 10.7. The molecule has 0 fully saturated rings. The molecule has 2 aromatic rings. The Morgan fingerprint density at radius 2 is 2.37 bits per heavy atom. The molecule has 0 radical (unpaired) electrons. The first-order valence-electron chi connectivity index (χ1n) is 5.36. The Kier molecular flexibility index (Phi) is 4.24. The summed E-state index contributed by atoms with van der Waals surface area (Å²) >= 11 is 7.33. The van der Waals surface area contributed by atoms with Crippen LogP contribution in [-0.2, 0) is 6.54 Å². The van der Waals surface area contributed by atoms with Gasteiger partial charge in [0.15, 0.2) is 10.8 Å². The number of anilines is 1. The molecule has 0 saturated heterocycles. The third-order valence-electron chi connectivity index (χ3n) is 2.44. The number of carbonyl (C=O) groups is 1. The minimum atomic E-state index is -1.04.